The summed E-state index contributed by atoms with van der Waals surface area (Å²) in [5.41, 5.74) is -0.0143. The van der Waals surface area contributed by atoms with Crippen LogP contribution in [0.15, 0.2) is 29.2 Å². The first kappa shape index (κ1) is 17.5. The van der Waals surface area contributed by atoms with Crippen LogP contribution in [0.5, 0.6) is 0 Å². The molecular weight excluding hydrogens is 308 g/mol. The van der Waals surface area contributed by atoms with Gasteiger partial charge >= 0.3 is 5.97 Å². The van der Waals surface area contributed by atoms with Crippen molar-refractivity contribution < 1.29 is 31.8 Å². The molecule has 6 nitrogen and oxygen atoms in total. The molecule has 1 aromatic carbocycles. The lowest BCUT2D eigenvalue weighted by Crippen LogP contribution is -2.37. The molecule has 0 heterocycles. The Morgan fingerprint density at radius 2 is 2.10 bits per heavy atom. The molecule has 118 valence electrons. The zero-order chi connectivity index (χ0) is 16.0. The Bertz CT molecular complexity index is 591. The molecule has 0 fully saturated rings. The van der Waals surface area contributed by atoms with Crippen LogP contribution in [0, 0.1) is 0 Å². The summed E-state index contributed by atoms with van der Waals surface area (Å²) in [4.78, 5) is 11.1. The van der Waals surface area contributed by atoms with Crippen LogP contribution in [0.25, 0.3) is 0 Å². The smallest absolute Gasteiger partial charge is 0.337 e. The number of carbonyl (C=O) groups is 1. The van der Waals surface area contributed by atoms with Gasteiger partial charge in [-0.05, 0) is 18.2 Å². The van der Waals surface area contributed by atoms with Gasteiger partial charge in [0.2, 0.25) is 10.0 Å². The van der Waals surface area contributed by atoms with Crippen LogP contribution in [0.4, 0.5) is 8.78 Å². The lowest BCUT2D eigenvalue weighted by molar-refractivity contribution is 0.0600. The molecule has 0 radical (unpaired) electrons. The second-order valence-corrected chi connectivity index (χ2v) is 5.94. The van der Waals surface area contributed by atoms with Gasteiger partial charge in [0.1, 0.15) is 0 Å². The number of aliphatic hydroxyl groups excluding tert-OH is 1. The number of methoxy groups -OCH3 is 1. The van der Waals surface area contributed by atoms with Crippen molar-refractivity contribution in [3.63, 3.8) is 0 Å². The molecule has 0 unspecified atom stereocenters. The summed E-state index contributed by atoms with van der Waals surface area (Å²) in [5, 5.41) is 8.82. The van der Waals surface area contributed by atoms with E-state index in [1.54, 1.807) is 0 Å². The Balaban J connectivity index is 3.18. The second kappa shape index (κ2) is 7.43. The highest BCUT2D eigenvalue weighted by Crippen LogP contribution is 2.18. The van der Waals surface area contributed by atoms with Gasteiger partial charge in [-0.1, -0.05) is 6.07 Å². The average Bonchev–Trinajstić information content (AvgIpc) is 2.45. The van der Waals surface area contributed by atoms with Gasteiger partial charge in [-0.25, -0.2) is 22.0 Å². The molecule has 0 aliphatic carbocycles. The van der Waals surface area contributed by atoms with E-state index in [1.165, 1.54) is 18.2 Å². The SMILES string of the molecule is COC(=O)c1cccc(S(=O)(=O)N(CCO)CC(F)F)c1. The molecule has 0 aliphatic heterocycles. The van der Waals surface area contributed by atoms with E-state index in [2.05, 4.69) is 4.74 Å². The zero-order valence-electron chi connectivity index (χ0n) is 11.2. The Morgan fingerprint density at radius 1 is 1.43 bits per heavy atom. The maximum atomic E-state index is 12.5. The van der Waals surface area contributed by atoms with Gasteiger partial charge in [0.15, 0.2) is 0 Å². The van der Waals surface area contributed by atoms with Gasteiger partial charge in [-0.15, -0.1) is 0 Å². The molecule has 0 aliphatic rings. The van der Waals surface area contributed by atoms with E-state index in [4.69, 9.17) is 5.11 Å². The summed E-state index contributed by atoms with van der Waals surface area (Å²) >= 11 is 0. The predicted octanol–water partition coefficient (Wildman–Crippen LogP) is 0.721. The quantitative estimate of drug-likeness (QED) is 0.748. The fraction of sp³-hybridized carbons (Fsp3) is 0.417. The minimum atomic E-state index is -4.24. The van der Waals surface area contributed by atoms with Crippen molar-refractivity contribution in [1.29, 1.82) is 0 Å². The monoisotopic (exact) mass is 323 g/mol. The van der Waals surface area contributed by atoms with E-state index in [9.17, 15) is 22.0 Å². The van der Waals surface area contributed by atoms with Crippen molar-refractivity contribution in [2.45, 2.75) is 11.3 Å². The van der Waals surface area contributed by atoms with Crippen molar-refractivity contribution >= 4 is 16.0 Å². The van der Waals surface area contributed by atoms with E-state index >= 15 is 0 Å². The molecule has 9 heteroatoms. The number of sulfonamides is 1. The Hall–Kier alpha value is -1.58. The number of carbonyl (C=O) groups excluding carboxylic acids is 1. The molecular formula is C12H15F2NO5S. The highest BCUT2D eigenvalue weighted by molar-refractivity contribution is 7.89. The van der Waals surface area contributed by atoms with Crippen molar-refractivity contribution in [1.82, 2.24) is 4.31 Å². The van der Waals surface area contributed by atoms with Gasteiger partial charge < -0.3 is 9.84 Å². The van der Waals surface area contributed by atoms with Gasteiger partial charge in [0.05, 0.1) is 30.7 Å². The minimum absolute atomic E-state index is 0.0143. The molecule has 1 N–H and O–H groups in total. The molecule has 0 saturated carbocycles. The number of halogens is 2. The lowest BCUT2D eigenvalue weighted by atomic mass is 10.2. The van der Waals surface area contributed by atoms with Gasteiger partial charge in [0.25, 0.3) is 6.43 Å². The molecule has 0 atom stereocenters. The lowest BCUT2D eigenvalue weighted by Gasteiger charge is -2.21. The number of aliphatic hydroxyl groups is 1. The molecule has 0 bridgehead atoms. The van der Waals surface area contributed by atoms with E-state index in [-0.39, 0.29) is 10.5 Å². The van der Waals surface area contributed by atoms with Crippen molar-refractivity contribution in [3.8, 4) is 0 Å². The number of rotatable bonds is 7. The normalized spacial score (nSPS) is 11.9. The van der Waals surface area contributed by atoms with Crippen LogP contribution in [0.1, 0.15) is 10.4 Å². The van der Waals surface area contributed by atoms with Crippen molar-refractivity contribution in [3.05, 3.63) is 29.8 Å². The third-order valence-corrected chi connectivity index (χ3v) is 4.45. The number of hydrogen-bond acceptors (Lipinski definition) is 5. The van der Waals surface area contributed by atoms with Gasteiger partial charge in [-0.3, -0.25) is 0 Å². The fourth-order valence-electron chi connectivity index (χ4n) is 1.63. The number of ether oxygens (including phenoxy) is 1. The third kappa shape index (κ3) is 4.45. The average molecular weight is 323 g/mol. The molecule has 0 spiro atoms. The van der Waals surface area contributed by atoms with E-state index < -0.39 is 42.1 Å². The van der Waals surface area contributed by atoms with Crippen LogP contribution < -0.4 is 0 Å². The number of hydrogen-bond donors (Lipinski definition) is 1. The third-order valence-electron chi connectivity index (χ3n) is 2.58. The second-order valence-electron chi connectivity index (χ2n) is 4.00. The highest BCUT2D eigenvalue weighted by Gasteiger charge is 2.27. The highest BCUT2D eigenvalue weighted by atomic mass is 32.2. The van der Waals surface area contributed by atoms with Gasteiger partial charge in [0, 0.05) is 6.54 Å². The van der Waals surface area contributed by atoms with E-state index in [1.807, 2.05) is 0 Å². The summed E-state index contributed by atoms with van der Waals surface area (Å²) < 4.78 is 54.3. The van der Waals surface area contributed by atoms with Crippen molar-refractivity contribution in [2.75, 3.05) is 26.8 Å². The Kier molecular flexibility index (Phi) is 6.19. The number of benzene rings is 1. The van der Waals surface area contributed by atoms with Crippen LogP contribution in [-0.2, 0) is 14.8 Å². The summed E-state index contributed by atoms with van der Waals surface area (Å²) in [6, 6.07) is 4.86. The summed E-state index contributed by atoms with van der Waals surface area (Å²) in [6.07, 6.45) is -2.88. The number of esters is 1. The first-order valence-corrected chi connectivity index (χ1v) is 7.34. The Morgan fingerprint density at radius 3 is 2.62 bits per heavy atom. The molecule has 21 heavy (non-hydrogen) atoms. The first-order valence-electron chi connectivity index (χ1n) is 5.90. The molecule has 0 saturated heterocycles. The standard InChI is InChI=1S/C12H15F2NO5S/c1-20-12(17)9-3-2-4-10(7-9)21(18,19)15(5-6-16)8-11(13)14/h2-4,7,11,16H,5-6,8H2,1H3. The number of nitrogens with zero attached hydrogens (tertiary/aromatic N) is 1. The maximum Gasteiger partial charge on any atom is 0.337 e. The van der Waals surface area contributed by atoms with Crippen LogP contribution >= 0.6 is 0 Å². The largest absolute Gasteiger partial charge is 0.465 e. The minimum Gasteiger partial charge on any atom is -0.465 e. The van der Waals surface area contributed by atoms with E-state index in [0.717, 1.165) is 13.2 Å². The van der Waals surface area contributed by atoms with Crippen LogP contribution in [0.3, 0.4) is 0 Å². The fourth-order valence-corrected chi connectivity index (χ4v) is 3.08. The number of alkyl halides is 2. The summed E-state index contributed by atoms with van der Waals surface area (Å²) in [6.45, 7) is -2.09. The van der Waals surface area contributed by atoms with Crippen LogP contribution in [0.2, 0.25) is 0 Å². The van der Waals surface area contributed by atoms with E-state index in [0.29, 0.717) is 4.31 Å². The Labute approximate surface area is 121 Å². The maximum absolute atomic E-state index is 12.5. The zero-order valence-corrected chi connectivity index (χ0v) is 12.0. The molecule has 1 rings (SSSR count). The molecule has 1 aromatic rings. The predicted molar refractivity (Wildman–Crippen MR) is 69.6 cm³/mol. The molecule has 0 aromatic heterocycles. The summed E-state index contributed by atoms with van der Waals surface area (Å²) in [5.74, 6) is -0.741. The van der Waals surface area contributed by atoms with Gasteiger partial charge in [-0.2, -0.15) is 4.31 Å². The van der Waals surface area contributed by atoms with Crippen molar-refractivity contribution in [2.24, 2.45) is 0 Å². The molecule has 0 amide bonds. The summed E-state index contributed by atoms with van der Waals surface area (Å²) in [7, 11) is -3.10. The topological polar surface area (TPSA) is 83.9 Å². The first-order chi connectivity index (χ1) is 9.82. The van der Waals surface area contributed by atoms with Crippen LogP contribution in [-0.4, -0.2) is 57.0 Å².